The van der Waals surface area contributed by atoms with E-state index in [-0.39, 0.29) is 32.9 Å². The molecule has 4 nitrogen and oxygen atoms in total. The van der Waals surface area contributed by atoms with Gasteiger partial charge in [0.05, 0.1) is 22.8 Å². The second-order valence-corrected chi connectivity index (χ2v) is 17.8. The number of hydrogen-bond donors (Lipinski definition) is 0. The monoisotopic (exact) mass is 987 g/mol. The Morgan fingerprint density at radius 2 is 0.635 bits per heavy atom. The Bertz CT molecular complexity index is 3690. The summed E-state index contributed by atoms with van der Waals surface area (Å²) >= 11 is 0. The van der Waals surface area contributed by atoms with Gasteiger partial charge in [-0.3, -0.25) is 0 Å². The molecule has 302 valence electrons. The maximum atomic E-state index is 5.69. The number of aromatic nitrogens is 4. The summed E-state index contributed by atoms with van der Waals surface area (Å²) in [5, 5.41) is 14.0. The van der Waals surface area contributed by atoms with Crippen LogP contribution in [0.3, 0.4) is 0 Å². The molecule has 0 aliphatic carbocycles. The van der Waals surface area contributed by atoms with Gasteiger partial charge in [0.2, 0.25) is 0 Å². The molecular weight excluding hydrogens is 948 g/mol. The van der Waals surface area contributed by atoms with Crippen LogP contribution in [0.25, 0.3) is 132 Å². The van der Waals surface area contributed by atoms with Crippen LogP contribution < -0.4 is 9.97 Å². The van der Waals surface area contributed by atoms with Crippen molar-refractivity contribution in [2.45, 2.75) is 39.5 Å². The number of nitrogens with zero attached hydrogens (tertiary/aromatic N) is 4. The molecule has 2 aliphatic rings. The van der Waals surface area contributed by atoms with Crippen molar-refractivity contribution in [3.05, 3.63) is 169 Å². The first-order chi connectivity index (χ1) is 30.3. The van der Waals surface area contributed by atoms with Gasteiger partial charge in [0.1, 0.15) is 0 Å². The summed E-state index contributed by atoms with van der Waals surface area (Å²) < 4.78 is 0. The maximum Gasteiger partial charge on any atom is 2.00 e. The van der Waals surface area contributed by atoms with Crippen LogP contribution in [-0.2, 0) is 21.1 Å². The minimum absolute atomic E-state index is 0. The third-order valence-corrected chi connectivity index (χ3v) is 13.3. The van der Waals surface area contributed by atoms with E-state index in [2.05, 4.69) is 185 Å². The van der Waals surface area contributed by atoms with Crippen molar-refractivity contribution >= 4 is 86.7 Å². The summed E-state index contributed by atoms with van der Waals surface area (Å²) in [5.41, 5.74) is 14.3. The average Bonchev–Trinajstić information content (AvgIpc) is 4.01. The van der Waals surface area contributed by atoms with Crippen molar-refractivity contribution in [3.63, 3.8) is 0 Å². The van der Waals surface area contributed by atoms with E-state index in [0.29, 0.717) is 0 Å². The predicted octanol–water partition coefficient (Wildman–Crippen LogP) is 15.4. The van der Waals surface area contributed by atoms with Crippen molar-refractivity contribution < 1.29 is 21.1 Å². The number of rotatable bonds is 2. The first-order valence-corrected chi connectivity index (χ1v) is 21.8. The third kappa shape index (κ3) is 5.71. The Morgan fingerprint density at radius 1 is 0.349 bits per heavy atom. The van der Waals surface area contributed by atoms with Crippen LogP contribution in [0.5, 0.6) is 0 Å². The van der Waals surface area contributed by atoms with Gasteiger partial charge in [0, 0.05) is 22.3 Å². The fourth-order valence-electron chi connectivity index (χ4n) is 10.4. The van der Waals surface area contributed by atoms with Gasteiger partial charge in [0.15, 0.2) is 0 Å². The molecule has 3 aromatic heterocycles. The van der Waals surface area contributed by atoms with E-state index in [1.807, 2.05) is 0 Å². The van der Waals surface area contributed by atoms with Crippen LogP contribution in [0, 0.1) is 0 Å². The summed E-state index contributed by atoms with van der Waals surface area (Å²) in [6.45, 7) is 9.11. The molecule has 0 radical (unpaired) electrons. The molecule has 0 amide bonds. The molecule has 8 aromatic carbocycles. The summed E-state index contributed by atoms with van der Waals surface area (Å²) in [7, 11) is 0. The smallest absolute Gasteiger partial charge is 0.656 e. The number of benzene rings is 8. The van der Waals surface area contributed by atoms with Gasteiger partial charge in [-0.15, -0.1) is 22.1 Å². The normalized spacial score (nSPS) is 12.3. The molecule has 5 heterocycles. The first kappa shape index (κ1) is 37.9. The van der Waals surface area contributed by atoms with Crippen LogP contribution in [0.15, 0.2) is 158 Å². The van der Waals surface area contributed by atoms with E-state index < -0.39 is 0 Å². The molecule has 0 saturated heterocycles. The van der Waals surface area contributed by atoms with Gasteiger partial charge in [-0.1, -0.05) is 125 Å². The molecule has 8 bridgehead atoms. The number of hydrogen-bond acceptors (Lipinski definition) is 2. The van der Waals surface area contributed by atoms with Gasteiger partial charge >= 0.3 is 21.1 Å². The molecule has 0 N–H and O–H groups in total. The zero-order valence-electron chi connectivity index (χ0n) is 35.3. The second-order valence-electron chi connectivity index (χ2n) is 17.8. The van der Waals surface area contributed by atoms with Gasteiger partial charge in [-0.25, -0.2) is 9.97 Å². The molecular formula is C58H40N4Pt. The van der Waals surface area contributed by atoms with Crippen LogP contribution >= 0.6 is 0 Å². The van der Waals surface area contributed by atoms with Gasteiger partial charge in [-0.2, -0.15) is 0 Å². The van der Waals surface area contributed by atoms with Crippen molar-refractivity contribution in [1.29, 1.82) is 0 Å². The molecule has 63 heavy (non-hydrogen) atoms. The van der Waals surface area contributed by atoms with E-state index in [0.717, 1.165) is 99.8 Å². The molecule has 0 atom stereocenters. The molecule has 0 saturated carbocycles. The topological polar surface area (TPSA) is 54.0 Å². The molecule has 0 unspecified atom stereocenters. The predicted molar refractivity (Wildman–Crippen MR) is 261 cm³/mol. The van der Waals surface area contributed by atoms with Crippen LogP contribution in [0.2, 0.25) is 0 Å². The minimum atomic E-state index is 0. The maximum absolute atomic E-state index is 5.69. The van der Waals surface area contributed by atoms with E-state index >= 15 is 0 Å². The standard InChI is InChI=1S/C58H40N4.Pt/c1-31(2)53-55-45-25-37-17-9-5-13-33(37)21-41(45)49(59-55)29-51-43-23-35-15-7-11-19-39(35)27-47(43)57(61-51)54(32(3)4)58-48-28-40-20-12-8-16-36(40)24-44(48)52(62-58)30-50-42-22-34-14-6-10-18-38(34)26-46(42)56(53)60-50;/h5-32H,1-4H3;/q-2;+2. The SMILES string of the molecule is CC(C)c1c2nc(cc3[n-]c(c(C(C)C)c4nc(cc5[n-]c1c1cc6ccccc6cc51)-c1cc5ccccc5cc1-4)c1cc4ccccc4cc31)-c1cc3ccccc3cc1-2.[Pt+2]. The first-order valence-electron chi connectivity index (χ1n) is 21.8. The zero-order chi connectivity index (χ0) is 41.4. The van der Waals surface area contributed by atoms with Crippen molar-refractivity contribution in [3.8, 4) is 45.0 Å². The quantitative estimate of drug-likeness (QED) is 0.173. The molecule has 0 spiro atoms. The van der Waals surface area contributed by atoms with Crippen LogP contribution in [-0.4, -0.2) is 9.97 Å². The fraction of sp³-hybridized carbons (Fsp3) is 0.103. The second kappa shape index (κ2) is 14.1. The summed E-state index contributed by atoms with van der Waals surface area (Å²) in [5.74, 6) is 0.220. The van der Waals surface area contributed by atoms with E-state index in [1.54, 1.807) is 0 Å². The fourth-order valence-corrected chi connectivity index (χ4v) is 10.4. The molecule has 0 fully saturated rings. The summed E-state index contributed by atoms with van der Waals surface area (Å²) in [6, 6.07) is 57.7. The summed E-state index contributed by atoms with van der Waals surface area (Å²) in [4.78, 5) is 22.8. The summed E-state index contributed by atoms with van der Waals surface area (Å²) in [6.07, 6.45) is 0. The zero-order valence-corrected chi connectivity index (χ0v) is 37.5. The van der Waals surface area contributed by atoms with Gasteiger partial charge in [0.25, 0.3) is 0 Å². The van der Waals surface area contributed by atoms with E-state index in [1.165, 1.54) is 43.1 Å². The van der Waals surface area contributed by atoms with E-state index in [9.17, 15) is 0 Å². The Kier molecular flexibility index (Phi) is 8.46. The Morgan fingerprint density at radius 3 is 0.952 bits per heavy atom. The number of fused-ring (bicyclic) bond motifs is 24. The Hall–Kier alpha value is -6.87. The van der Waals surface area contributed by atoms with Crippen molar-refractivity contribution in [1.82, 2.24) is 19.9 Å². The van der Waals surface area contributed by atoms with Crippen LogP contribution in [0.4, 0.5) is 0 Å². The average molecular weight is 988 g/mol. The Balaban J connectivity index is 0.00000421. The Labute approximate surface area is 379 Å². The van der Waals surface area contributed by atoms with Gasteiger partial charge in [-0.05, 0) is 148 Å². The molecule has 13 rings (SSSR count). The van der Waals surface area contributed by atoms with Crippen LogP contribution in [0.1, 0.15) is 50.7 Å². The van der Waals surface area contributed by atoms with Crippen molar-refractivity contribution in [2.75, 3.05) is 0 Å². The largest absolute Gasteiger partial charge is 2.00 e. The molecule has 2 aliphatic heterocycles. The van der Waals surface area contributed by atoms with Gasteiger partial charge < -0.3 is 9.97 Å². The van der Waals surface area contributed by atoms with Crippen molar-refractivity contribution in [2.24, 2.45) is 0 Å². The third-order valence-electron chi connectivity index (χ3n) is 13.3. The van der Waals surface area contributed by atoms with E-state index in [4.69, 9.17) is 19.9 Å². The minimum Gasteiger partial charge on any atom is -0.656 e. The molecule has 11 aromatic rings. The molecule has 5 heteroatoms.